The highest BCUT2D eigenvalue weighted by atomic mass is 16.3. The van der Waals surface area contributed by atoms with Gasteiger partial charge in [0.05, 0.1) is 11.6 Å². The molecule has 104 valence electrons. The molecule has 0 aliphatic heterocycles. The Morgan fingerprint density at radius 2 is 2.15 bits per heavy atom. The predicted molar refractivity (Wildman–Crippen MR) is 74.2 cm³/mol. The molecule has 1 aromatic heterocycles. The first-order valence-corrected chi connectivity index (χ1v) is 6.12. The molecular weight excluding hydrogens is 260 g/mol. The highest BCUT2D eigenvalue weighted by Gasteiger charge is 2.20. The molecule has 7 nitrogen and oxygen atoms in total. The molecule has 2 unspecified atom stereocenters. The second-order valence-electron chi connectivity index (χ2n) is 4.37. The molecule has 0 saturated heterocycles. The molecule has 2 aromatic rings. The van der Waals surface area contributed by atoms with E-state index in [1.54, 1.807) is 18.2 Å². The van der Waals surface area contributed by atoms with Crippen LogP contribution in [0.2, 0.25) is 0 Å². The van der Waals surface area contributed by atoms with Crippen molar-refractivity contribution in [2.45, 2.75) is 18.6 Å². The van der Waals surface area contributed by atoms with Crippen molar-refractivity contribution >= 4 is 10.9 Å². The number of aliphatic hydroxyl groups excluding tert-OH is 2. The van der Waals surface area contributed by atoms with Crippen LogP contribution in [0, 0.1) is 0 Å². The van der Waals surface area contributed by atoms with Crippen molar-refractivity contribution in [1.29, 1.82) is 0 Å². The first-order valence-electron chi connectivity index (χ1n) is 6.12. The van der Waals surface area contributed by atoms with Crippen molar-refractivity contribution in [3.63, 3.8) is 0 Å². The third-order valence-electron chi connectivity index (χ3n) is 3.10. The van der Waals surface area contributed by atoms with Crippen LogP contribution in [-0.2, 0) is 0 Å². The van der Waals surface area contributed by atoms with Crippen molar-refractivity contribution in [2.75, 3.05) is 6.54 Å². The van der Waals surface area contributed by atoms with Gasteiger partial charge in [0.1, 0.15) is 6.10 Å². The Bertz CT molecular complexity index is 706. The lowest BCUT2D eigenvalue weighted by molar-refractivity contribution is 0.0158. The van der Waals surface area contributed by atoms with Crippen LogP contribution in [0.25, 0.3) is 21.3 Å². The number of nitrogens with zero attached hydrogens (tertiary/aromatic N) is 3. The van der Waals surface area contributed by atoms with Crippen molar-refractivity contribution in [3.05, 3.63) is 56.7 Å². The summed E-state index contributed by atoms with van der Waals surface area (Å²) in [6.45, 7) is 0.0933. The van der Waals surface area contributed by atoms with Gasteiger partial charge in [-0.15, -0.1) is 0 Å². The van der Waals surface area contributed by atoms with Crippen molar-refractivity contribution in [1.82, 2.24) is 4.98 Å². The number of aromatic amines is 1. The standard InChI is InChI=1S/C13H14N4O3/c14-17-16-7-5-11(19)13(20)9-3-1-2-8-10(18)4-6-15-12(8)9/h1-4,6,11,13,19-20H,5,7H2,(H,15,18). The molecule has 0 fully saturated rings. The van der Waals surface area contributed by atoms with Gasteiger partial charge in [-0.05, 0) is 18.0 Å². The first-order chi connectivity index (χ1) is 9.65. The van der Waals surface area contributed by atoms with Crippen LogP contribution in [0.15, 0.2) is 40.4 Å². The molecule has 3 N–H and O–H groups in total. The van der Waals surface area contributed by atoms with Gasteiger partial charge < -0.3 is 15.2 Å². The summed E-state index contributed by atoms with van der Waals surface area (Å²) >= 11 is 0. The van der Waals surface area contributed by atoms with Gasteiger partial charge in [-0.1, -0.05) is 17.2 Å². The maximum atomic E-state index is 11.7. The summed E-state index contributed by atoms with van der Waals surface area (Å²) in [4.78, 5) is 17.2. The molecule has 0 amide bonds. The van der Waals surface area contributed by atoms with Gasteiger partial charge >= 0.3 is 0 Å². The Balaban J connectivity index is 2.35. The number of para-hydroxylation sites is 1. The number of hydrogen-bond donors (Lipinski definition) is 3. The quantitative estimate of drug-likeness (QED) is 0.436. The maximum absolute atomic E-state index is 11.7. The molecule has 2 rings (SSSR count). The normalized spacial score (nSPS) is 13.7. The molecule has 20 heavy (non-hydrogen) atoms. The summed E-state index contributed by atoms with van der Waals surface area (Å²) in [7, 11) is 0. The van der Waals surface area contributed by atoms with Gasteiger partial charge in [-0.3, -0.25) is 4.79 Å². The molecule has 2 atom stereocenters. The fourth-order valence-electron chi connectivity index (χ4n) is 2.07. The Morgan fingerprint density at radius 1 is 1.35 bits per heavy atom. The van der Waals surface area contributed by atoms with Crippen LogP contribution in [0.3, 0.4) is 0 Å². The van der Waals surface area contributed by atoms with Crippen LogP contribution in [-0.4, -0.2) is 27.8 Å². The van der Waals surface area contributed by atoms with Gasteiger partial charge in [-0.2, -0.15) is 0 Å². The highest BCUT2D eigenvalue weighted by molar-refractivity contribution is 5.81. The number of H-pyrrole nitrogens is 1. The molecule has 0 aliphatic rings. The number of azide groups is 1. The van der Waals surface area contributed by atoms with Crippen LogP contribution in [0.4, 0.5) is 0 Å². The van der Waals surface area contributed by atoms with Crippen LogP contribution in [0.5, 0.6) is 0 Å². The van der Waals surface area contributed by atoms with Crippen molar-refractivity contribution in [2.24, 2.45) is 5.11 Å². The minimum Gasteiger partial charge on any atom is -0.390 e. The monoisotopic (exact) mass is 274 g/mol. The highest BCUT2D eigenvalue weighted by Crippen LogP contribution is 2.24. The van der Waals surface area contributed by atoms with E-state index < -0.39 is 12.2 Å². The zero-order chi connectivity index (χ0) is 14.5. The fraction of sp³-hybridized carbons (Fsp3) is 0.308. The zero-order valence-corrected chi connectivity index (χ0v) is 10.6. The summed E-state index contributed by atoms with van der Waals surface area (Å²) in [5.41, 5.74) is 8.96. The number of rotatable bonds is 5. The van der Waals surface area contributed by atoms with E-state index in [1.807, 2.05) is 0 Å². The number of aromatic nitrogens is 1. The van der Waals surface area contributed by atoms with E-state index in [-0.39, 0.29) is 18.4 Å². The van der Waals surface area contributed by atoms with E-state index in [0.717, 1.165) is 0 Å². The number of pyridine rings is 1. The Morgan fingerprint density at radius 3 is 2.90 bits per heavy atom. The van der Waals surface area contributed by atoms with E-state index >= 15 is 0 Å². The number of aliphatic hydroxyl groups is 2. The molecule has 1 heterocycles. The summed E-state index contributed by atoms with van der Waals surface area (Å²) in [5, 5.41) is 23.8. The first kappa shape index (κ1) is 14.1. The molecule has 7 heteroatoms. The average Bonchev–Trinajstić information content (AvgIpc) is 2.46. The minimum absolute atomic E-state index is 0.0933. The van der Waals surface area contributed by atoms with E-state index in [0.29, 0.717) is 16.5 Å². The maximum Gasteiger partial charge on any atom is 0.189 e. The van der Waals surface area contributed by atoms with Crippen LogP contribution < -0.4 is 5.43 Å². The Hall–Kier alpha value is -2.34. The van der Waals surface area contributed by atoms with E-state index in [2.05, 4.69) is 15.0 Å². The molecule has 0 radical (unpaired) electrons. The molecular formula is C13H14N4O3. The Labute approximate surface area is 114 Å². The smallest absolute Gasteiger partial charge is 0.189 e. The van der Waals surface area contributed by atoms with Crippen molar-refractivity contribution in [3.8, 4) is 0 Å². The number of fused-ring (bicyclic) bond motifs is 1. The topological polar surface area (TPSA) is 122 Å². The predicted octanol–water partition coefficient (Wildman–Crippen LogP) is 1.62. The third-order valence-corrected chi connectivity index (χ3v) is 3.10. The fourth-order valence-corrected chi connectivity index (χ4v) is 2.07. The molecule has 0 aliphatic carbocycles. The second kappa shape index (κ2) is 6.21. The van der Waals surface area contributed by atoms with Crippen LogP contribution in [0.1, 0.15) is 18.1 Å². The van der Waals surface area contributed by atoms with E-state index in [9.17, 15) is 15.0 Å². The third kappa shape index (κ3) is 2.80. The van der Waals surface area contributed by atoms with Gasteiger partial charge in [-0.25, -0.2) is 0 Å². The van der Waals surface area contributed by atoms with Gasteiger partial charge in [0.25, 0.3) is 0 Å². The lowest BCUT2D eigenvalue weighted by Crippen LogP contribution is -2.20. The van der Waals surface area contributed by atoms with E-state index in [1.165, 1.54) is 12.3 Å². The van der Waals surface area contributed by atoms with E-state index in [4.69, 9.17) is 5.53 Å². The number of nitrogens with one attached hydrogen (secondary N) is 1. The summed E-state index contributed by atoms with van der Waals surface area (Å²) in [5.74, 6) is 0. The zero-order valence-electron chi connectivity index (χ0n) is 10.6. The minimum atomic E-state index is -1.16. The Kier molecular flexibility index (Phi) is 4.37. The lowest BCUT2D eigenvalue weighted by Gasteiger charge is -2.18. The molecule has 0 bridgehead atoms. The summed E-state index contributed by atoms with van der Waals surface area (Å²) in [6, 6.07) is 6.34. The number of benzene rings is 1. The lowest BCUT2D eigenvalue weighted by atomic mass is 9.99. The van der Waals surface area contributed by atoms with Crippen molar-refractivity contribution < 1.29 is 10.2 Å². The molecule has 0 saturated carbocycles. The van der Waals surface area contributed by atoms with Gasteiger partial charge in [0, 0.05) is 34.7 Å². The van der Waals surface area contributed by atoms with Gasteiger partial charge in [0.15, 0.2) is 5.43 Å². The summed E-state index contributed by atoms with van der Waals surface area (Å²) in [6.07, 6.45) is -0.605. The SMILES string of the molecule is [N-]=[N+]=NCCC(O)C(O)c1cccc2c(=O)cc[nH]c12. The number of hydrogen-bond acceptors (Lipinski definition) is 4. The molecule has 0 spiro atoms. The summed E-state index contributed by atoms with van der Waals surface area (Å²) < 4.78 is 0. The van der Waals surface area contributed by atoms with Crippen LogP contribution >= 0.6 is 0 Å². The second-order valence-corrected chi connectivity index (χ2v) is 4.37. The largest absolute Gasteiger partial charge is 0.390 e. The van der Waals surface area contributed by atoms with Gasteiger partial charge in [0.2, 0.25) is 0 Å². The molecule has 1 aromatic carbocycles. The average molecular weight is 274 g/mol.